The molecule has 5 rings (SSSR count). The van der Waals surface area contributed by atoms with E-state index in [2.05, 4.69) is 5.32 Å². The molecule has 0 radical (unpaired) electrons. The van der Waals surface area contributed by atoms with Crippen LogP contribution in [0.1, 0.15) is 39.9 Å². The summed E-state index contributed by atoms with van der Waals surface area (Å²) in [5.74, 6) is -2.54. The van der Waals surface area contributed by atoms with E-state index in [1.165, 1.54) is 23.3 Å². The Bertz CT molecular complexity index is 1520. The molecule has 1 aliphatic carbocycles. The van der Waals surface area contributed by atoms with Gasteiger partial charge in [-0.15, -0.1) is 0 Å². The van der Waals surface area contributed by atoms with E-state index in [0.29, 0.717) is 23.6 Å². The second kappa shape index (κ2) is 12.1. The minimum absolute atomic E-state index is 0.0337. The Morgan fingerprint density at radius 3 is 2.27 bits per heavy atom. The molecule has 1 saturated heterocycles. The molecule has 44 heavy (non-hydrogen) atoms. The number of ketones is 1. The first kappa shape index (κ1) is 31.4. The van der Waals surface area contributed by atoms with E-state index in [-0.39, 0.29) is 36.8 Å². The number of hydrogen-bond donors (Lipinski definition) is 1. The van der Waals surface area contributed by atoms with Crippen molar-refractivity contribution in [2.45, 2.75) is 49.8 Å². The molecule has 2 aliphatic heterocycles. The number of carbonyl (C=O) groups is 3. The fourth-order valence-corrected chi connectivity index (χ4v) is 5.71. The SMILES string of the molecule is O=C(N[C@@H]1CC[C@@H](Cc2ccc(Cl)cc2)N(C(=O)c2cc(C(F)(F)F)cc(C(F)(F)F)c2)C1)C1=CC=CC2C(=O)C=COC12. The van der Waals surface area contributed by atoms with Crippen molar-refractivity contribution in [3.8, 4) is 0 Å². The van der Waals surface area contributed by atoms with Crippen LogP contribution in [0.15, 0.2) is 78.6 Å². The zero-order valence-corrected chi connectivity index (χ0v) is 23.5. The van der Waals surface area contributed by atoms with Crippen LogP contribution in [0.25, 0.3) is 0 Å². The Morgan fingerprint density at radius 2 is 1.64 bits per heavy atom. The van der Waals surface area contributed by atoms with Crippen molar-refractivity contribution < 1.29 is 45.5 Å². The summed E-state index contributed by atoms with van der Waals surface area (Å²) in [7, 11) is 0. The van der Waals surface area contributed by atoms with Crippen molar-refractivity contribution in [2.24, 2.45) is 5.92 Å². The molecule has 2 amide bonds. The minimum atomic E-state index is -5.13. The molecule has 2 aromatic carbocycles. The molecule has 0 bridgehead atoms. The maximum absolute atomic E-state index is 13.7. The summed E-state index contributed by atoms with van der Waals surface area (Å²) in [6.07, 6.45) is -3.09. The van der Waals surface area contributed by atoms with E-state index in [0.717, 1.165) is 5.56 Å². The molecule has 232 valence electrons. The maximum atomic E-state index is 13.7. The zero-order valence-electron chi connectivity index (χ0n) is 22.8. The smallest absolute Gasteiger partial charge is 0.416 e. The second-order valence-electron chi connectivity index (χ2n) is 10.8. The summed E-state index contributed by atoms with van der Waals surface area (Å²) >= 11 is 5.97. The van der Waals surface area contributed by atoms with Crippen molar-refractivity contribution >= 4 is 29.2 Å². The number of hydrogen-bond acceptors (Lipinski definition) is 4. The molecule has 0 aromatic heterocycles. The fourth-order valence-electron chi connectivity index (χ4n) is 5.59. The number of likely N-dealkylation sites (tertiary alicyclic amines) is 1. The Hall–Kier alpha value is -4.06. The lowest BCUT2D eigenvalue weighted by Gasteiger charge is -2.41. The lowest BCUT2D eigenvalue weighted by Crippen LogP contribution is -2.55. The van der Waals surface area contributed by atoms with E-state index in [1.54, 1.807) is 36.4 Å². The van der Waals surface area contributed by atoms with Gasteiger partial charge in [0.05, 0.1) is 28.9 Å². The van der Waals surface area contributed by atoms with Crippen LogP contribution in [0.4, 0.5) is 26.3 Å². The molecule has 3 aliphatic rings. The quantitative estimate of drug-likeness (QED) is 0.390. The second-order valence-corrected chi connectivity index (χ2v) is 11.2. The Kier molecular flexibility index (Phi) is 8.66. The van der Waals surface area contributed by atoms with Gasteiger partial charge in [-0.2, -0.15) is 26.3 Å². The fraction of sp³-hybridized carbons (Fsp3) is 0.323. The average Bonchev–Trinajstić information content (AvgIpc) is 2.97. The summed E-state index contributed by atoms with van der Waals surface area (Å²) in [6, 6.07) is 6.16. The molecule has 2 aromatic rings. The van der Waals surface area contributed by atoms with Gasteiger partial charge in [0.25, 0.3) is 11.8 Å². The number of allylic oxidation sites excluding steroid dienone is 3. The lowest BCUT2D eigenvalue weighted by molar-refractivity contribution is -0.143. The van der Waals surface area contributed by atoms with E-state index < -0.39 is 65.0 Å². The largest absolute Gasteiger partial charge is 0.492 e. The van der Waals surface area contributed by atoms with Gasteiger partial charge in [-0.3, -0.25) is 14.4 Å². The number of nitrogens with one attached hydrogen (secondary N) is 1. The van der Waals surface area contributed by atoms with Crippen molar-refractivity contribution in [1.29, 1.82) is 0 Å². The summed E-state index contributed by atoms with van der Waals surface area (Å²) < 4.78 is 86.9. The van der Waals surface area contributed by atoms with Crippen LogP contribution in [0, 0.1) is 5.92 Å². The number of nitrogens with zero attached hydrogens (tertiary/aromatic N) is 1. The van der Waals surface area contributed by atoms with Crippen LogP contribution in [0.2, 0.25) is 5.02 Å². The van der Waals surface area contributed by atoms with Gasteiger partial charge in [0, 0.05) is 35.3 Å². The van der Waals surface area contributed by atoms with E-state index in [1.807, 2.05) is 0 Å². The number of amides is 2. The third-order valence-corrected chi connectivity index (χ3v) is 8.05. The van der Waals surface area contributed by atoms with Gasteiger partial charge in [0.2, 0.25) is 0 Å². The van der Waals surface area contributed by atoms with Crippen LogP contribution < -0.4 is 5.32 Å². The molecule has 0 spiro atoms. The number of piperidine rings is 1. The number of ether oxygens (including phenoxy) is 1. The molecular weight excluding hydrogens is 614 g/mol. The molecule has 2 heterocycles. The first-order valence-electron chi connectivity index (χ1n) is 13.6. The first-order valence-corrected chi connectivity index (χ1v) is 14.0. The van der Waals surface area contributed by atoms with Crippen molar-refractivity contribution in [3.63, 3.8) is 0 Å². The van der Waals surface area contributed by atoms with Crippen LogP contribution in [-0.4, -0.2) is 47.2 Å². The molecule has 13 heteroatoms. The third-order valence-electron chi connectivity index (χ3n) is 7.80. The number of alkyl halides is 6. The van der Waals surface area contributed by atoms with Crippen molar-refractivity contribution in [3.05, 3.63) is 106 Å². The molecule has 2 unspecified atom stereocenters. The average molecular weight is 639 g/mol. The van der Waals surface area contributed by atoms with Gasteiger partial charge >= 0.3 is 12.4 Å². The van der Waals surface area contributed by atoms with Gasteiger partial charge in [-0.1, -0.05) is 42.0 Å². The van der Waals surface area contributed by atoms with E-state index >= 15 is 0 Å². The van der Waals surface area contributed by atoms with Gasteiger partial charge in [0.15, 0.2) is 5.78 Å². The number of halogens is 7. The Labute approximate surface area is 253 Å². The highest BCUT2D eigenvalue weighted by atomic mass is 35.5. The monoisotopic (exact) mass is 638 g/mol. The Morgan fingerprint density at radius 1 is 0.977 bits per heavy atom. The molecule has 1 fully saturated rings. The van der Waals surface area contributed by atoms with E-state index in [9.17, 15) is 40.7 Å². The third kappa shape index (κ3) is 6.85. The van der Waals surface area contributed by atoms with Crippen molar-refractivity contribution in [1.82, 2.24) is 10.2 Å². The highest BCUT2D eigenvalue weighted by molar-refractivity contribution is 6.30. The van der Waals surface area contributed by atoms with Crippen LogP contribution in [0.3, 0.4) is 0 Å². The number of benzene rings is 2. The summed E-state index contributed by atoms with van der Waals surface area (Å²) in [5.41, 5.74) is -3.06. The highest BCUT2D eigenvalue weighted by Gasteiger charge is 2.41. The predicted molar refractivity (Wildman–Crippen MR) is 147 cm³/mol. The molecule has 0 saturated carbocycles. The van der Waals surface area contributed by atoms with Crippen LogP contribution in [-0.2, 0) is 33.1 Å². The standard InChI is InChI=1S/C31H25ClF6N2O4/c32-21-6-4-17(5-7-21)12-23-9-8-22(39-28(42)25-3-1-2-24-26(41)10-11-44-27(24)25)16-40(23)29(43)18-13-19(30(33,34)35)15-20(14-18)31(36,37)38/h1-7,10-11,13-15,22-24,27H,8-9,12,16H2,(H,39,42)/t22-,23+,24?,27?/m1/s1. The number of rotatable bonds is 5. The van der Waals surface area contributed by atoms with E-state index in [4.69, 9.17) is 16.3 Å². The minimum Gasteiger partial charge on any atom is -0.492 e. The molecule has 6 nitrogen and oxygen atoms in total. The normalized spacial score (nSPS) is 23.5. The topological polar surface area (TPSA) is 75.7 Å². The molecule has 1 N–H and O–H groups in total. The van der Waals surface area contributed by atoms with Crippen LogP contribution in [0.5, 0.6) is 0 Å². The van der Waals surface area contributed by atoms with Gasteiger partial charge in [-0.05, 0) is 55.2 Å². The predicted octanol–water partition coefficient (Wildman–Crippen LogP) is 6.30. The number of carbonyl (C=O) groups excluding carboxylic acids is 3. The molecular formula is C31H25ClF6N2O4. The van der Waals surface area contributed by atoms with Crippen LogP contribution >= 0.6 is 11.6 Å². The highest BCUT2D eigenvalue weighted by Crippen LogP contribution is 2.37. The van der Waals surface area contributed by atoms with Gasteiger partial charge < -0.3 is 15.0 Å². The van der Waals surface area contributed by atoms with Crippen molar-refractivity contribution in [2.75, 3.05) is 6.54 Å². The lowest BCUT2D eigenvalue weighted by atomic mass is 9.85. The number of fused-ring (bicyclic) bond motifs is 1. The Balaban J connectivity index is 1.43. The maximum Gasteiger partial charge on any atom is 0.416 e. The van der Waals surface area contributed by atoms with Gasteiger partial charge in [0.1, 0.15) is 6.10 Å². The van der Waals surface area contributed by atoms with Gasteiger partial charge in [-0.25, -0.2) is 0 Å². The molecule has 4 atom stereocenters. The zero-order chi connectivity index (χ0) is 31.8. The summed E-state index contributed by atoms with van der Waals surface area (Å²) in [5, 5.41) is 3.27. The summed E-state index contributed by atoms with van der Waals surface area (Å²) in [6.45, 7) is -0.183. The summed E-state index contributed by atoms with van der Waals surface area (Å²) in [4.78, 5) is 40.5. The first-order chi connectivity index (χ1) is 20.7.